The van der Waals surface area contributed by atoms with E-state index in [0.29, 0.717) is 13.2 Å². The van der Waals surface area contributed by atoms with Crippen LogP contribution in [-0.4, -0.2) is 57.4 Å². The number of nitrogens with zero attached hydrogens (tertiary/aromatic N) is 2. The molecule has 2 rings (SSSR count). The minimum absolute atomic E-state index is 0.0126. The maximum atomic E-state index is 12.1. The van der Waals surface area contributed by atoms with Gasteiger partial charge in [0.05, 0.1) is 0 Å². The van der Waals surface area contributed by atoms with Crippen LogP contribution in [0.5, 0.6) is 0 Å². The summed E-state index contributed by atoms with van der Waals surface area (Å²) in [7, 11) is 1.67. The Balaban J connectivity index is 1.82. The zero-order valence-corrected chi connectivity index (χ0v) is 14.0. The third-order valence-electron chi connectivity index (χ3n) is 3.95. The lowest BCUT2D eigenvalue weighted by molar-refractivity contribution is 0.183. The number of nitrogens with one attached hydrogen (secondary N) is 1. The Labute approximate surface area is 137 Å². The molecule has 0 bridgehead atoms. The van der Waals surface area contributed by atoms with Crippen molar-refractivity contribution in [2.24, 2.45) is 0 Å². The number of methoxy groups -OCH3 is 1. The molecule has 6 heteroatoms. The van der Waals surface area contributed by atoms with Gasteiger partial charge in [-0.3, -0.25) is 0 Å². The van der Waals surface area contributed by atoms with Crippen LogP contribution in [0.2, 0.25) is 5.02 Å². The van der Waals surface area contributed by atoms with Crippen molar-refractivity contribution in [1.29, 1.82) is 0 Å². The van der Waals surface area contributed by atoms with Crippen molar-refractivity contribution in [3.05, 3.63) is 28.8 Å². The summed E-state index contributed by atoms with van der Waals surface area (Å²) in [5.41, 5.74) is 2.26. The monoisotopic (exact) mass is 325 g/mol. The van der Waals surface area contributed by atoms with Crippen molar-refractivity contribution in [1.82, 2.24) is 10.2 Å². The fourth-order valence-electron chi connectivity index (χ4n) is 2.61. The summed E-state index contributed by atoms with van der Waals surface area (Å²) in [4.78, 5) is 16.2. The van der Waals surface area contributed by atoms with E-state index >= 15 is 0 Å². The molecule has 2 amide bonds. The van der Waals surface area contributed by atoms with Crippen LogP contribution in [0.25, 0.3) is 0 Å². The van der Waals surface area contributed by atoms with Gasteiger partial charge in [0.1, 0.15) is 0 Å². The number of carbonyl (C=O) groups is 1. The third kappa shape index (κ3) is 4.27. The van der Waals surface area contributed by atoms with Crippen LogP contribution in [0.1, 0.15) is 12.0 Å². The van der Waals surface area contributed by atoms with Gasteiger partial charge >= 0.3 is 6.03 Å². The fraction of sp³-hybridized carbons (Fsp3) is 0.562. The van der Waals surface area contributed by atoms with Crippen LogP contribution in [0, 0.1) is 6.92 Å². The molecule has 1 aromatic rings. The number of hydrogen-bond acceptors (Lipinski definition) is 3. The van der Waals surface area contributed by atoms with E-state index in [0.717, 1.165) is 48.9 Å². The molecule has 1 aliphatic rings. The Bertz CT molecular complexity index is 502. The van der Waals surface area contributed by atoms with E-state index < -0.39 is 0 Å². The summed E-state index contributed by atoms with van der Waals surface area (Å²) in [6.45, 7) is 6.46. The van der Waals surface area contributed by atoms with Gasteiger partial charge in [0.2, 0.25) is 0 Å². The highest BCUT2D eigenvalue weighted by Crippen LogP contribution is 2.27. The lowest BCUT2D eigenvalue weighted by Gasteiger charge is -2.36. The number of piperazine rings is 1. The van der Waals surface area contributed by atoms with Crippen molar-refractivity contribution < 1.29 is 9.53 Å². The molecule has 0 saturated carbocycles. The highest BCUT2D eigenvalue weighted by molar-refractivity contribution is 6.31. The zero-order valence-electron chi connectivity index (χ0n) is 13.3. The lowest BCUT2D eigenvalue weighted by atomic mass is 10.1. The Morgan fingerprint density at radius 2 is 2.05 bits per heavy atom. The van der Waals surface area contributed by atoms with Crippen LogP contribution in [0.15, 0.2) is 18.2 Å². The minimum atomic E-state index is 0.0126. The number of rotatable bonds is 5. The molecular weight excluding hydrogens is 302 g/mol. The molecule has 0 radical (unpaired) electrons. The molecule has 1 heterocycles. The van der Waals surface area contributed by atoms with Crippen molar-refractivity contribution >= 4 is 23.3 Å². The Morgan fingerprint density at radius 3 is 2.73 bits per heavy atom. The maximum absolute atomic E-state index is 12.1. The number of halogens is 1. The molecule has 0 aliphatic carbocycles. The van der Waals surface area contributed by atoms with Gasteiger partial charge in [-0.05, 0) is 31.0 Å². The van der Waals surface area contributed by atoms with E-state index in [2.05, 4.69) is 16.3 Å². The van der Waals surface area contributed by atoms with Crippen molar-refractivity contribution in [2.45, 2.75) is 13.3 Å². The van der Waals surface area contributed by atoms with E-state index in [9.17, 15) is 4.79 Å². The number of anilines is 1. The average molecular weight is 326 g/mol. The summed E-state index contributed by atoms with van der Waals surface area (Å²) in [5.74, 6) is 0. The number of carbonyl (C=O) groups excluding carboxylic acids is 1. The van der Waals surface area contributed by atoms with Gasteiger partial charge in [-0.25, -0.2) is 4.79 Å². The molecule has 1 aromatic carbocycles. The molecule has 1 aliphatic heterocycles. The van der Waals surface area contributed by atoms with E-state index in [4.69, 9.17) is 16.3 Å². The first-order valence-electron chi connectivity index (χ1n) is 7.65. The Kier molecular flexibility index (Phi) is 6.34. The molecule has 122 valence electrons. The smallest absolute Gasteiger partial charge is 0.317 e. The molecule has 0 aromatic heterocycles. The quantitative estimate of drug-likeness (QED) is 0.846. The summed E-state index contributed by atoms with van der Waals surface area (Å²) in [5, 5.41) is 3.72. The Morgan fingerprint density at radius 1 is 1.32 bits per heavy atom. The van der Waals surface area contributed by atoms with Gasteiger partial charge in [0.25, 0.3) is 0 Å². The first-order chi connectivity index (χ1) is 10.6. The number of ether oxygens (including phenoxy) is 1. The zero-order chi connectivity index (χ0) is 15.9. The maximum Gasteiger partial charge on any atom is 0.317 e. The largest absolute Gasteiger partial charge is 0.385 e. The lowest BCUT2D eigenvalue weighted by Crippen LogP contribution is -2.52. The predicted octanol–water partition coefficient (Wildman–Crippen LogP) is 2.52. The van der Waals surface area contributed by atoms with E-state index in [-0.39, 0.29) is 6.03 Å². The molecule has 0 unspecified atom stereocenters. The third-order valence-corrected chi connectivity index (χ3v) is 4.36. The van der Waals surface area contributed by atoms with E-state index in [1.807, 2.05) is 24.0 Å². The average Bonchev–Trinajstić information content (AvgIpc) is 2.54. The standard InChI is InChI=1S/C16H24ClN3O2/c1-13-14(17)5-3-6-15(13)19-8-10-20(11-9-19)16(21)18-7-4-12-22-2/h3,5-6H,4,7-12H2,1-2H3,(H,18,21). The second-order valence-corrected chi connectivity index (χ2v) is 5.84. The number of benzene rings is 1. The van der Waals surface area contributed by atoms with Crippen molar-refractivity contribution in [3.63, 3.8) is 0 Å². The van der Waals surface area contributed by atoms with Gasteiger partial charge in [-0.15, -0.1) is 0 Å². The van der Waals surface area contributed by atoms with Crippen LogP contribution in [0.3, 0.4) is 0 Å². The fourth-order valence-corrected chi connectivity index (χ4v) is 2.78. The summed E-state index contributed by atoms with van der Waals surface area (Å²) < 4.78 is 4.97. The molecule has 22 heavy (non-hydrogen) atoms. The van der Waals surface area contributed by atoms with Gasteiger partial charge < -0.3 is 19.9 Å². The normalized spacial score (nSPS) is 15.0. The topological polar surface area (TPSA) is 44.8 Å². The summed E-state index contributed by atoms with van der Waals surface area (Å²) >= 11 is 6.18. The van der Waals surface area contributed by atoms with Crippen molar-refractivity contribution in [2.75, 3.05) is 51.3 Å². The molecule has 0 spiro atoms. The van der Waals surface area contributed by atoms with E-state index in [1.54, 1.807) is 7.11 Å². The van der Waals surface area contributed by atoms with Crippen molar-refractivity contribution in [3.8, 4) is 0 Å². The highest BCUT2D eigenvalue weighted by Gasteiger charge is 2.22. The second kappa shape index (κ2) is 8.25. The summed E-state index contributed by atoms with van der Waals surface area (Å²) in [6, 6.07) is 5.98. The van der Waals surface area contributed by atoms with Gasteiger partial charge in [0.15, 0.2) is 0 Å². The molecule has 1 fully saturated rings. The van der Waals surface area contributed by atoms with Gasteiger partial charge in [0, 0.05) is 57.2 Å². The predicted molar refractivity (Wildman–Crippen MR) is 89.9 cm³/mol. The van der Waals surface area contributed by atoms with Crippen LogP contribution >= 0.6 is 11.6 Å². The number of hydrogen-bond donors (Lipinski definition) is 1. The summed E-state index contributed by atoms with van der Waals surface area (Å²) in [6.07, 6.45) is 0.837. The number of urea groups is 1. The SMILES string of the molecule is COCCCNC(=O)N1CCN(c2cccc(Cl)c2C)CC1. The molecule has 1 N–H and O–H groups in total. The van der Waals surface area contributed by atoms with Crippen LogP contribution < -0.4 is 10.2 Å². The number of amides is 2. The van der Waals surface area contributed by atoms with E-state index in [1.165, 1.54) is 0 Å². The highest BCUT2D eigenvalue weighted by atomic mass is 35.5. The van der Waals surface area contributed by atoms with Gasteiger partial charge in [-0.2, -0.15) is 0 Å². The minimum Gasteiger partial charge on any atom is -0.385 e. The second-order valence-electron chi connectivity index (χ2n) is 5.44. The first-order valence-corrected chi connectivity index (χ1v) is 8.03. The first kappa shape index (κ1) is 16.9. The molecule has 1 saturated heterocycles. The van der Waals surface area contributed by atoms with Crippen LogP contribution in [0.4, 0.5) is 10.5 Å². The van der Waals surface area contributed by atoms with Crippen LogP contribution in [-0.2, 0) is 4.74 Å². The molecule has 0 atom stereocenters. The molecule has 5 nitrogen and oxygen atoms in total. The molecular formula is C16H24ClN3O2. The van der Waals surface area contributed by atoms with Gasteiger partial charge in [-0.1, -0.05) is 17.7 Å². The Hall–Kier alpha value is -1.46.